The molecule has 0 aromatic heterocycles. The monoisotopic (exact) mass is 268 g/mol. The van der Waals surface area contributed by atoms with Gasteiger partial charge in [-0.3, -0.25) is 0 Å². The van der Waals surface area contributed by atoms with Crippen molar-refractivity contribution in [3.05, 3.63) is 60.2 Å². The maximum atomic E-state index is 6.01. The van der Waals surface area contributed by atoms with E-state index in [4.69, 9.17) is 5.73 Å². The SMILES string of the molecule is CCC(N)Cc1ccc(N(CC)c2ccccc2)cc1. The summed E-state index contributed by atoms with van der Waals surface area (Å²) in [5.41, 5.74) is 9.78. The van der Waals surface area contributed by atoms with Crippen molar-refractivity contribution in [2.45, 2.75) is 32.7 Å². The molecule has 0 aliphatic carbocycles. The highest BCUT2D eigenvalue weighted by molar-refractivity contribution is 5.63. The first-order valence-electron chi connectivity index (χ1n) is 7.41. The van der Waals surface area contributed by atoms with E-state index in [2.05, 4.69) is 67.3 Å². The Morgan fingerprint density at radius 2 is 1.50 bits per heavy atom. The molecule has 0 saturated heterocycles. The van der Waals surface area contributed by atoms with Gasteiger partial charge >= 0.3 is 0 Å². The number of hydrogen-bond donors (Lipinski definition) is 1. The summed E-state index contributed by atoms with van der Waals surface area (Å²) in [6.07, 6.45) is 1.97. The quantitative estimate of drug-likeness (QED) is 0.853. The second-order valence-corrected chi connectivity index (χ2v) is 5.12. The van der Waals surface area contributed by atoms with Gasteiger partial charge in [0, 0.05) is 24.0 Å². The predicted molar refractivity (Wildman–Crippen MR) is 87.5 cm³/mol. The molecule has 2 nitrogen and oxygen atoms in total. The maximum absolute atomic E-state index is 6.01. The lowest BCUT2D eigenvalue weighted by Gasteiger charge is -2.23. The van der Waals surface area contributed by atoms with Crippen molar-refractivity contribution in [2.75, 3.05) is 11.4 Å². The first-order valence-corrected chi connectivity index (χ1v) is 7.41. The van der Waals surface area contributed by atoms with Gasteiger partial charge in [0.05, 0.1) is 0 Å². The summed E-state index contributed by atoms with van der Waals surface area (Å²) in [5, 5.41) is 0. The zero-order valence-corrected chi connectivity index (χ0v) is 12.4. The number of benzene rings is 2. The van der Waals surface area contributed by atoms with Gasteiger partial charge in [-0.1, -0.05) is 37.3 Å². The minimum Gasteiger partial charge on any atom is -0.342 e. The van der Waals surface area contributed by atoms with Crippen LogP contribution in [-0.2, 0) is 6.42 Å². The van der Waals surface area contributed by atoms with Gasteiger partial charge in [-0.15, -0.1) is 0 Å². The summed E-state index contributed by atoms with van der Waals surface area (Å²) in [4.78, 5) is 2.31. The number of nitrogens with two attached hydrogens (primary N) is 1. The largest absolute Gasteiger partial charge is 0.342 e. The van der Waals surface area contributed by atoms with Crippen LogP contribution in [0.4, 0.5) is 11.4 Å². The fraction of sp³-hybridized carbons (Fsp3) is 0.333. The van der Waals surface area contributed by atoms with Crippen LogP contribution in [-0.4, -0.2) is 12.6 Å². The lowest BCUT2D eigenvalue weighted by atomic mass is 10.0. The Labute approximate surface area is 122 Å². The van der Waals surface area contributed by atoms with Crippen LogP contribution >= 0.6 is 0 Å². The molecule has 0 fully saturated rings. The number of hydrogen-bond acceptors (Lipinski definition) is 2. The fourth-order valence-corrected chi connectivity index (χ4v) is 2.38. The van der Waals surface area contributed by atoms with E-state index in [0.29, 0.717) is 0 Å². The lowest BCUT2D eigenvalue weighted by Crippen LogP contribution is -2.21. The molecule has 2 N–H and O–H groups in total. The molecule has 0 heterocycles. The van der Waals surface area contributed by atoms with E-state index >= 15 is 0 Å². The third-order valence-electron chi connectivity index (χ3n) is 3.65. The molecule has 0 amide bonds. The summed E-state index contributed by atoms with van der Waals surface area (Å²) < 4.78 is 0. The number of nitrogens with zero attached hydrogens (tertiary/aromatic N) is 1. The maximum Gasteiger partial charge on any atom is 0.0410 e. The third kappa shape index (κ3) is 3.61. The Hall–Kier alpha value is -1.80. The lowest BCUT2D eigenvalue weighted by molar-refractivity contribution is 0.646. The highest BCUT2D eigenvalue weighted by Gasteiger charge is 2.07. The Balaban J connectivity index is 2.15. The average Bonchev–Trinajstić information content (AvgIpc) is 2.50. The predicted octanol–water partition coefficient (Wildman–Crippen LogP) is 4.12. The molecule has 0 saturated carbocycles. The van der Waals surface area contributed by atoms with Crippen LogP contribution in [0.5, 0.6) is 0 Å². The Bertz CT molecular complexity index is 505. The zero-order valence-electron chi connectivity index (χ0n) is 12.4. The standard InChI is InChI=1S/C18H24N2/c1-3-16(19)14-15-10-12-18(13-11-15)20(4-2)17-8-6-5-7-9-17/h5-13,16H,3-4,14,19H2,1-2H3. The molecule has 2 rings (SSSR count). The van der Waals surface area contributed by atoms with Gasteiger partial charge in [0.1, 0.15) is 0 Å². The Morgan fingerprint density at radius 1 is 0.900 bits per heavy atom. The van der Waals surface area contributed by atoms with Crippen LogP contribution in [0.15, 0.2) is 54.6 Å². The zero-order chi connectivity index (χ0) is 14.4. The molecule has 0 radical (unpaired) electrons. The van der Waals surface area contributed by atoms with Crippen molar-refractivity contribution in [3.63, 3.8) is 0 Å². The van der Waals surface area contributed by atoms with Crippen molar-refractivity contribution >= 4 is 11.4 Å². The number of para-hydroxylation sites is 1. The molecule has 2 aromatic carbocycles. The molecule has 20 heavy (non-hydrogen) atoms. The molecule has 1 unspecified atom stereocenters. The summed E-state index contributed by atoms with van der Waals surface area (Å²) in [5.74, 6) is 0. The summed E-state index contributed by atoms with van der Waals surface area (Å²) in [6.45, 7) is 5.26. The van der Waals surface area contributed by atoms with Gasteiger partial charge in [-0.05, 0) is 49.6 Å². The Morgan fingerprint density at radius 3 is 2.05 bits per heavy atom. The molecule has 2 aromatic rings. The van der Waals surface area contributed by atoms with Gasteiger partial charge in [0.15, 0.2) is 0 Å². The summed E-state index contributed by atoms with van der Waals surface area (Å²) >= 11 is 0. The molecule has 106 valence electrons. The van der Waals surface area contributed by atoms with Crippen molar-refractivity contribution in [3.8, 4) is 0 Å². The summed E-state index contributed by atoms with van der Waals surface area (Å²) in [7, 11) is 0. The smallest absolute Gasteiger partial charge is 0.0410 e. The molecule has 0 bridgehead atoms. The normalized spacial score (nSPS) is 12.2. The van der Waals surface area contributed by atoms with Crippen molar-refractivity contribution in [1.29, 1.82) is 0 Å². The molecular formula is C18H24N2. The summed E-state index contributed by atoms with van der Waals surface area (Å²) in [6, 6.07) is 19.5. The van der Waals surface area contributed by atoms with E-state index in [1.54, 1.807) is 0 Å². The van der Waals surface area contributed by atoms with E-state index in [1.807, 2.05) is 6.07 Å². The average molecular weight is 268 g/mol. The Kier molecular flexibility index (Phi) is 5.19. The van der Waals surface area contributed by atoms with E-state index in [0.717, 1.165) is 19.4 Å². The van der Waals surface area contributed by atoms with Crippen LogP contribution in [0.3, 0.4) is 0 Å². The second-order valence-electron chi connectivity index (χ2n) is 5.12. The van der Waals surface area contributed by atoms with Crippen molar-refractivity contribution in [2.24, 2.45) is 5.73 Å². The van der Waals surface area contributed by atoms with Gasteiger partial charge in [0.25, 0.3) is 0 Å². The van der Waals surface area contributed by atoms with Gasteiger partial charge < -0.3 is 10.6 Å². The third-order valence-corrected chi connectivity index (χ3v) is 3.65. The van der Waals surface area contributed by atoms with Crippen LogP contribution in [0, 0.1) is 0 Å². The van der Waals surface area contributed by atoms with Gasteiger partial charge in [0.2, 0.25) is 0 Å². The fourth-order valence-electron chi connectivity index (χ4n) is 2.38. The van der Waals surface area contributed by atoms with Crippen LogP contribution < -0.4 is 10.6 Å². The van der Waals surface area contributed by atoms with Crippen molar-refractivity contribution < 1.29 is 0 Å². The first-order chi connectivity index (χ1) is 9.74. The molecule has 0 aliphatic rings. The van der Waals surface area contributed by atoms with Crippen LogP contribution in [0.1, 0.15) is 25.8 Å². The number of anilines is 2. The van der Waals surface area contributed by atoms with E-state index < -0.39 is 0 Å². The van der Waals surface area contributed by atoms with E-state index in [-0.39, 0.29) is 6.04 Å². The molecule has 0 spiro atoms. The first kappa shape index (κ1) is 14.6. The van der Waals surface area contributed by atoms with Gasteiger partial charge in [-0.2, -0.15) is 0 Å². The van der Waals surface area contributed by atoms with Crippen LogP contribution in [0.2, 0.25) is 0 Å². The van der Waals surface area contributed by atoms with E-state index in [1.165, 1.54) is 16.9 Å². The minimum absolute atomic E-state index is 0.261. The topological polar surface area (TPSA) is 29.3 Å². The highest BCUT2D eigenvalue weighted by Crippen LogP contribution is 2.25. The van der Waals surface area contributed by atoms with Gasteiger partial charge in [-0.25, -0.2) is 0 Å². The second kappa shape index (κ2) is 7.11. The molecular weight excluding hydrogens is 244 g/mol. The van der Waals surface area contributed by atoms with Crippen molar-refractivity contribution in [1.82, 2.24) is 0 Å². The highest BCUT2D eigenvalue weighted by atomic mass is 15.1. The molecule has 2 heteroatoms. The van der Waals surface area contributed by atoms with E-state index in [9.17, 15) is 0 Å². The minimum atomic E-state index is 0.261. The molecule has 0 aliphatic heterocycles. The van der Waals surface area contributed by atoms with Crippen LogP contribution in [0.25, 0.3) is 0 Å². The number of rotatable bonds is 6. The molecule has 1 atom stereocenters.